The molecule has 22 heavy (non-hydrogen) atoms. The number of allylic oxidation sites excluding steroid dienone is 2. The number of carbonyl (C=O) groups excluding carboxylic acids is 4. The number of carbonyl (C=O) groups is 4. The van der Waals surface area contributed by atoms with Crippen molar-refractivity contribution >= 4 is 23.7 Å². The van der Waals surface area contributed by atoms with Crippen molar-refractivity contribution in [3.05, 3.63) is 12.2 Å². The van der Waals surface area contributed by atoms with E-state index in [1.165, 1.54) is 0 Å². The van der Waals surface area contributed by atoms with Gasteiger partial charge in [0.15, 0.2) is 6.61 Å². The molecule has 7 heteroatoms. The topological polar surface area (TPSA) is 92.8 Å². The lowest BCUT2D eigenvalue weighted by atomic mass is 9.85. The molecule has 0 aromatic carbocycles. The number of nitrogens with zero attached hydrogens (tertiary/aromatic N) is 1. The molecule has 120 valence electrons. The van der Waals surface area contributed by atoms with Crippen molar-refractivity contribution in [1.29, 1.82) is 0 Å². The number of hydrogen-bond acceptors (Lipinski definition) is 5. The first kappa shape index (κ1) is 16.2. The van der Waals surface area contributed by atoms with Crippen molar-refractivity contribution in [3.63, 3.8) is 0 Å². The summed E-state index contributed by atoms with van der Waals surface area (Å²) in [5.74, 6) is -2.57. The maximum Gasteiger partial charge on any atom is 0.326 e. The summed E-state index contributed by atoms with van der Waals surface area (Å²) in [5, 5.41) is 2.58. The normalized spacial score (nSPS) is 23.7. The second-order valence-electron chi connectivity index (χ2n) is 5.80. The number of amides is 3. The number of rotatable bonds is 5. The van der Waals surface area contributed by atoms with Crippen LogP contribution in [0.2, 0.25) is 0 Å². The lowest BCUT2D eigenvalue weighted by Crippen LogP contribution is -2.39. The van der Waals surface area contributed by atoms with Crippen LogP contribution < -0.4 is 5.32 Å². The maximum absolute atomic E-state index is 12.2. The second kappa shape index (κ2) is 6.72. The Morgan fingerprint density at radius 2 is 1.77 bits per heavy atom. The van der Waals surface area contributed by atoms with Crippen LogP contribution >= 0.6 is 0 Å². The molecule has 3 amide bonds. The van der Waals surface area contributed by atoms with E-state index in [1.54, 1.807) is 13.8 Å². The van der Waals surface area contributed by atoms with Gasteiger partial charge in [0.1, 0.15) is 6.54 Å². The zero-order chi connectivity index (χ0) is 16.3. The first-order chi connectivity index (χ1) is 10.4. The summed E-state index contributed by atoms with van der Waals surface area (Å²) in [7, 11) is 0. The van der Waals surface area contributed by atoms with Crippen LogP contribution in [0.3, 0.4) is 0 Å². The average Bonchev–Trinajstić information content (AvgIpc) is 2.70. The van der Waals surface area contributed by atoms with Crippen LogP contribution in [-0.4, -0.2) is 47.8 Å². The van der Waals surface area contributed by atoms with Gasteiger partial charge in [-0.15, -0.1) is 0 Å². The number of imide groups is 1. The third-order valence-corrected chi connectivity index (χ3v) is 3.70. The Morgan fingerprint density at radius 1 is 1.23 bits per heavy atom. The monoisotopic (exact) mass is 308 g/mol. The van der Waals surface area contributed by atoms with Crippen LogP contribution in [-0.2, 0) is 23.9 Å². The van der Waals surface area contributed by atoms with Crippen LogP contribution in [0, 0.1) is 11.8 Å². The van der Waals surface area contributed by atoms with Crippen LogP contribution in [0.4, 0.5) is 0 Å². The third-order valence-electron chi connectivity index (χ3n) is 3.70. The van der Waals surface area contributed by atoms with Gasteiger partial charge in [0.25, 0.3) is 5.91 Å². The molecule has 2 aliphatic rings. The summed E-state index contributed by atoms with van der Waals surface area (Å²) in [6.07, 6.45) is 4.81. The summed E-state index contributed by atoms with van der Waals surface area (Å²) in [5.41, 5.74) is 0. The fourth-order valence-electron chi connectivity index (χ4n) is 2.71. The Balaban J connectivity index is 1.85. The number of fused-ring (bicyclic) bond motifs is 1. The number of ether oxygens (including phenoxy) is 1. The largest absolute Gasteiger partial charge is 0.454 e. The highest BCUT2D eigenvalue weighted by Gasteiger charge is 2.47. The van der Waals surface area contributed by atoms with Crippen LogP contribution in [0.15, 0.2) is 12.2 Å². The first-order valence-corrected chi connectivity index (χ1v) is 7.35. The molecular weight excluding hydrogens is 288 g/mol. The number of esters is 1. The van der Waals surface area contributed by atoms with Crippen molar-refractivity contribution in [2.45, 2.75) is 32.7 Å². The molecule has 0 aromatic heterocycles. The Labute approximate surface area is 128 Å². The molecule has 2 atom stereocenters. The number of nitrogens with one attached hydrogen (secondary N) is 1. The minimum absolute atomic E-state index is 0.0523. The highest BCUT2D eigenvalue weighted by atomic mass is 16.5. The average molecular weight is 308 g/mol. The molecular formula is C15H20N2O5. The molecule has 0 saturated carbocycles. The van der Waals surface area contributed by atoms with Gasteiger partial charge in [-0.05, 0) is 26.7 Å². The van der Waals surface area contributed by atoms with Gasteiger partial charge in [-0.1, -0.05) is 12.2 Å². The van der Waals surface area contributed by atoms with Gasteiger partial charge in [-0.25, -0.2) is 0 Å². The fourth-order valence-corrected chi connectivity index (χ4v) is 2.71. The van der Waals surface area contributed by atoms with E-state index in [4.69, 9.17) is 4.74 Å². The van der Waals surface area contributed by atoms with Gasteiger partial charge in [0, 0.05) is 6.04 Å². The molecule has 1 aliphatic carbocycles. The first-order valence-electron chi connectivity index (χ1n) is 7.35. The van der Waals surface area contributed by atoms with Crippen LogP contribution in [0.25, 0.3) is 0 Å². The smallest absolute Gasteiger partial charge is 0.326 e. The van der Waals surface area contributed by atoms with Crippen molar-refractivity contribution in [3.8, 4) is 0 Å². The zero-order valence-electron chi connectivity index (χ0n) is 12.7. The molecule has 0 aromatic rings. The predicted octanol–water partition coefficient (Wildman–Crippen LogP) is 0.00540. The molecule has 1 N–H and O–H groups in total. The lowest BCUT2D eigenvalue weighted by molar-refractivity contribution is -0.155. The van der Waals surface area contributed by atoms with Gasteiger partial charge in [-0.2, -0.15) is 0 Å². The molecule has 1 heterocycles. The Hall–Kier alpha value is -2.18. The lowest BCUT2D eigenvalue weighted by Gasteiger charge is -2.14. The molecule has 0 spiro atoms. The van der Waals surface area contributed by atoms with Crippen LogP contribution in [0.5, 0.6) is 0 Å². The summed E-state index contributed by atoms with van der Waals surface area (Å²) in [6.45, 7) is 2.73. The van der Waals surface area contributed by atoms with Gasteiger partial charge < -0.3 is 10.1 Å². The highest BCUT2D eigenvalue weighted by Crippen LogP contribution is 2.34. The van der Waals surface area contributed by atoms with Gasteiger partial charge in [0.2, 0.25) is 11.8 Å². The van der Waals surface area contributed by atoms with Crippen molar-refractivity contribution in [2.24, 2.45) is 11.8 Å². The molecule has 1 saturated heterocycles. The Bertz CT molecular complexity index is 500. The van der Waals surface area contributed by atoms with E-state index in [9.17, 15) is 19.2 Å². The van der Waals surface area contributed by atoms with E-state index < -0.39 is 25.0 Å². The number of hydrogen-bond donors (Lipinski definition) is 1. The summed E-state index contributed by atoms with van der Waals surface area (Å²) in [6, 6.07) is -0.0523. The molecule has 1 fully saturated rings. The summed E-state index contributed by atoms with van der Waals surface area (Å²) >= 11 is 0. The fraction of sp³-hybridized carbons (Fsp3) is 0.600. The van der Waals surface area contributed by atoms with Gasteiger partial charge in [0.05, 0.1) is 11.8 Å². The van der Waals surface area contributed by atoms with E-state index in [0.717, 1.165) is 4.90 Å². The van der Waals surface area contributed by atoms with E-state index in [1.807, 2.05) is 12.2 Å². The Kier molecular flexibility index (Phi) is 4.95. The molecule has 0 unspecified atom stereocenters. The standard InChI is InChI=1S/C15H20N2O5/c1-9(2)16-12(18)8-22-13(19)7-17-14(20)10-5-3-4-6-11(10)15(17)21/h3-4,9-11H,5-8H2,1-2H3,(H,16,18)/t10-,11+. The van der Waals surface area contributed by atoms with Crippen molar-refractivity contribution in [2.75, 3.05) is 13.2 Å². The van der Waals surface area contributed by atoms with Gasteiger partial charge >= 0.3 is 5.97 Å². The quantitative estimate of drug-likeness (QED) is 0.438. The van der Waals surface area contributed by atoms with Crippen LogP contribution in [0.1, 0.15) is 26.7 Å². The highest BCUT2D eigenvalue weighted by molar-refractivity contribution is 6.07. The minimum atomic E-state index is -0.757. The van der Waals surface area contributed by atoms with E-state index >= 15 is 0 Å². The van der Waals surface area contributed by atoms with E-state index in [2.05, 4.69) is 5.32 Å². The number of likely N-dealkylation sites (tertiary alicyclic amines) is 1. The Morgan fingerprint density at radius 3 is 2.27 bits per heavy atom. The second-order valence-corrected chi connectivity index (χ2v) is 5.80. The van der Waals surface area contributed by atoms with Crippen molar-refractivity contribution < 1.29 is 23.9 Å². The van der Waals surface area contributed by atoms with E-state index in [0.29, 0.717) is 12.8 Å². The molecule has 7 nitrogen and oxygen atoms in total. The zero-order valence-corrected chi connectivity index (χ0v) is 12.7. The van der Waals surface area contributed by atoms with Gasteiger partial charge in [-0.3, -0.25) is 24.1 Å². The SMILES string of the molecule is CC(C)NC(=O)COC(=O)CN1C(=O)[C@H]2CC=CC[C@H]2C1=O. The predicted molar refractivity (Wildman–Crippen MR) is 76.3 cm³/mol. The van der Waals surface area contributed by atoms with Crippen molar-refractivity contribution in [1.82, 2.24) is 10.2 Å². The summed E-state index contributed by atoms with van der Waals surface area (Å²) in [4.78, 5) is 48.4. The third kappa shape index (κ3) is 3.52. The maximum atomic E-state index is 12.2. The molecule has 0 radical (unpaired) electrons. The van der Waals surface area contributed by atoms with E-state index in [-0.39, 0.29) is 29.7 Å². The summed E-state index contributed by atoms with van der Waals surface area (Å²) < 4.78 is 4.80. The molecule has 0 bridgehead atoms. The minimum Gasteiger partial charge on any atom is -0.454 e. The molecule has 2 rings (SSSR count). The molecule has 1 aliphatic heterocycles.